The first-order valence-electron chi connectivity index (χ1n) is 6.46. The first kappa shape index (κ1) is 14.2. The minimum atomic E-state index is -4.44. The van der Waals surface area contributed by atoms with Crippen LogP contribution in [0.25, 0.3) is 22.2 Å². The number of benzene rings is 2. The van der Waals surface area contributed by atoms with Gasteiger partial charge in [-0.2, -0.15) is 13.2 Å². The molecular formula is C16H11F3N2O. The molecule has 1 amide bonds. The van der Waals surface area contributed by atoms with Crippen LogP contribution in [0.3, 0.4) is 0 Å². The van der Waals surface area contributed by atoms with E-state index >= 15 is 0 Å². The third-order valence-electron chi connectivity index (χ3n) is 3.42. The standard InChI is InChI=1S/C16H11F3N2O/c17-16(18,19)12-6-3-5-10(8-12)14-9-11-4-1-2-7-13(11)21(14)15(20)22/h1-9H,(H2,20,22). The van der Waals surface area contributed by atoms with E-state index in [0.29, 0.717) is 11.2 Å². The summed E-state index contributed by atoms with van der Waals surface area (Å²) < 4.78 is 39.8. The average Bonchev–Trinajstić information content (AvgIpc) is 2.86. The van der Waals surface area contributed by atoms with E-state index < -0.39 is 17.8 Å². The van der Waals surface area contributed by atoms with Crippen molar-refractivity contribution in [3.8, 4) is 11.3 Å². The molecule has 112 valence electrons. The fraction of sp³-hybridized carbons (Fsp3) is 0.0625. The van der Waals surface area contributed by atoms with Crippen molar-refractivity contribution in [1.82, 2.24) is 4.57 Å². The number of nitrogens with zero attached hydrogens (tertiary/aromatic N) is 1. The molecule has 0 aliphatic carbocycles. The summed E-state index contributed by atoms with van der Waals surface area (Å²) in [7, 11) is 0. The van der Waals surface area contributed by atoms with Gasteiger partial charge in [0.25, 0.3) is 0 Å². The predicted molar refractivity (Wildman–Crippen MR) is 77.4 cm³/mol. The summed E-state index contributed by atoms with van der Waals surface area (Å²) in [5, 5.41) is 0.730. The number of amides is 1. The number of aromatic nitrogens is 1. The highest BCUT2D eigenvalue weighted by Crippen LogP contribution is 2.34. The number of hydrogen-bond donors (Lipinski definition) is 1. The van der Waals surface area contributed by atoms with E-state index in [2.05, 4.69) is 0 Å². The van der Waals surface area contributed by atoms with Crippen LogP contribution in [0.4, 0.5) is 18.0 Å². The largest absolute Gasteiger partial charge is 0.416 e. The van der Waals surface area contributed by atoms with Crippen molar-refractivity contribution in [1.29, 1.82) is 0 Å². The number of para-hydroxylation sites is 1. The van der Waals surface area contributed by atoms with Crippen molar-refractivity contribution in [2.75, 3.05) is 0 Å². The fourth-order valence-corrected chi connectivity index (χ4v) is 2.46. The second kappa shape index (κ2) is 4.91. The van der Waals surface area contributed by atoms with Crippen LogP contribution >= 0.6 is 0 Å². The molecule has 0 radical (unpaired) electrons. The molecule has 0 fully saturated rings. The maximum Gasteiger partial charge on any atom is 0.416 e. The lowest BCUT2D eigenvalue weighted by atomic mass is 10.1. The van der Waals surface area contributed by atoms with Gasteiger partial charge < -0.3 is 5.73 Å². The molecule has 1 aromatic heterocycles. The van der Waals surface area contributed by atoms with E-state index in [0.717, 1.165) is 17.5 Å². The molecule has 0 atom stereocenters. The summed E-state index contributed by atoms with van der Waals surface area (Å²) >= 11 is 0. The SMILES string of the molecule is NC(=O)n1c(-c2cccc(C(F)(F)F)c2)cc2ccccc21. The van der Waals surface area contributed by atoms with Gasteiger partial charge in [-0.1, -0.05) is 30.3 Å². The first-order valence-corrected chi connectivity index (χ1v) is 6.46. The number of halogens is 3. The Labute approximate surface area is 123 Å². The number of alkyl halides is 3. The number of fused-ring (bicyclic) bond motifs is 1. The maximum atomic E-state index is 12.8. The minimum absolute atomic E-state index is 0.282. The monoisotopic (exact) mass is 304 g/mol. The molecule has 0 saturated heterocycles. The summed E-state index contributed by atoms with van der Waals surface area (Å²) in [6, 6.07) is 12.7. The van der Waals surface area contributed by atoms with Crippen LogP contribution in [-0.4, -0.2) is 10.6 Å². The molecule has 0 aliphatic rings. The van der Waals surface area contributed by atoms with Gasteiger partial charge in [-0.3, -0.25) is 4.57 Å². The molecule has 3 aromatic rings. The highest BCUT2D eigenvalue weighted by molar-refractivity contribution is 5.97. The van der Waals surface area contributed by atoms with Crippen molar-refractivity contribution in [3.63, 3.8) is 0 Å². The predicted octanol–water partition coefficient (Wildman–Crippen LogP) is 4.25. The highest BCUT2D eigenvalue weighted by Gasteiger charge is 2.30. The second-order valence-electron chi connectivity index (χ2n) is 4.84. The summed E-state index contributed by atoms with van der Waals surface area (Å²) in [6.45, 7) is 0. The van der Waals surface area contributed by atoms with Crippen LogP contribution in [0.5, 0.6) is 0 Å². The van der Waals surface area contributed by atoms with Gasteiger partial charge in [0.2, 0.25) is 0 Å². The molecule has 0 bridgehead atoms. The Balaban J connectivity index is 2.26. The number of primary amides is 1. The topological polar surface area (TPSA) is 48.0 Å². The molecule has 3 rings (SSSR count). The van der Waals surface area contributed by atoms with E-state index in [-0.39, 0.29) is 5.56 Å². The van der Waals surface area contributed by atoms with Crippen molar-refractivity contribution in [2.45, 2.75) is 6.18 Å². The third kappa shape index (κ3) is 2.32. The van der Waals surface area contributed by atoms with Crippen LogP contribution in [0.2, 0.25) is 0 Å². The van der Waals surface area contributed by atoms with E-state index in [1.165, 1.54) is 16.7 Å². The highest BCUT2D eigenvalue weighted by atomic mass is 19.4. The molecule has 0 spiro atoms. The molecule has 0 unspecified atom stereocenters. The molecule has 0 aliphatic heterocycles. The van der Waals surface area contributed by atoms with Crippen molar-refractivity contribution >= 4 is 16.9 Å². The van der Waals surface area contributed by atoms with Crippen molar-refractivity contribution in [3.05, 3.63) is 60.2 Å². The maximum absolute atomic E-state index is 12.8. The lowest BCUT2D eigenvalue weighted by Gasteiger charge is -2.10. The smallest absolute Gasteiger partial charge is 0.351 e. The van der Waals surface area contributed by atoms with Gasteiger partial charge in [0.15, 0.2) is 0 Å². The van der Waals surface area contributed by atoms with Gasteiger partial charge in [-0.25, -0.2) is 4.79 Å². The van der Waals surface area contributed by atoms with Crippen LogP contribution in [0.15, 0.2) is 54.6 Å². The molecule has 22 heavy (non-hydrogen) atoms. The second-order valence-corrected chi connectivity index (χ2v) is 4.84. The molecule has 3 nitrogen and oxygen atoms in total. The number of carbonyl (C=O) groups is 1. The molecule has 1 heterocycles. The van der Waals surface area contributed by atoms with Crippen LogP contribution in [0.1, 0.15) is 5.56 Å². The Morgan fingerprint density at radius 3 is 2.41 bits per heavy atom. The quantitative estimate of drug-likeness (QED) is 0.717. The lowest BCUT2D eigenvalue weighted by Crippen LogP contribution is -2.20. The summed E-state index contributed by atoms with van der Waals surface area (Å²) in [5.74, 6) is 0. The Morgan fingerprint density at radius 2 is 1.73 bits per heavy atom. The Morgan fingerprint density at radius 1 is 1.00 bits per heavy atom. The minimum Gasteiger partial charge on any atom is -0.351 e. The van der Waals surface area contributed by atoms with Crippen LogP contribution < -0.4 is 5.73 Å². The molecule has 0 saturated carbocycles. The van der Waals surface area contributed by atoms with Gasteiger partial charge >= 0.3 is 12.2 Å². The van der Waals surface area contributed by atoms with Gasteiger partial charge in [-0.15, -0.1) is 0 Å². The van der Waals surface area contributed by atoms with Crippen molar-refractivity contribution in [2.24, 2.45) is 5.73 Å². The summed E-state index contributed by atoms with van der Waals surface area (Å²) in [4.78, 5) is 11.7. The normalized spacial score (nSPS) is 11.8. The Hall–Kier alpha value is -2.76. The zero-order valence-corrected chi connectivity index (χ0v) is 11.3. The molecule has 6 heteroatoms. The number of hydrogen-bond acceptors (Lipinski definition) is 1. The van der Waals surface area contributed by atoms with E-state index in [4.69, 9.17) is 5.73 Å². The van der Waals surface area contributed by atoms with Gasteiger partial charge in [0.05, 0.1) is 16.8 Å². The molecule has 2 N–H and O–H groups in total. The first-order chi connectivity index (χ1) is 10.4. The van der Waals surface area contributed by atoms with Crippen molar-refractivity contribution < 1.29 is 18.0 Å². The number of carbonyl (C=O) groups excluding carboxylic acids is 1. The molecule has 2 aromatic carbocycles. The number of rotatable bonds is 1. The lowest BCUT2D eigenvalue weighted by molar-refractivity contribution is -0.137. The Bertz CT molecular complexity index is 865. The fourth-order valence-electron chi connectivity index (χ4n) is 2.46. The summed E-state index contributed by atoms with van der Waals surface area (Å²) in [6.07, 6.45) is -4.44. The third-order valence-corrected chi connectivity index (χ3v) is 3.42. The van der Waals surface area contributed by atoms with E-state index in [1.54, 1.807) is 30.3 Å². The summed E-state index contributed by atoms with van der Waals surface area (Å²) in [5.41, 5.74) is 5.79. The Kier molecular flexibility index (Phi) is 3.16. The van der Waals surface area contributed by atoms with E-state index in [9.17, 15) is 18.0 Å². The van der Waals surface area contributed by atoms with Crippen LogP contribution in [0, 0.1) is 0 Å². The average molecular weight is 304 g/mol. The zero-order valence-electron chi connectivity index (χ0n) is 11.3. The van der Waals surface area contributed by atoms with Crippen LogP contribution in [-0.2, 0) is 6.18 Å². The zero-order chi connectivity index (χ0) is 15.9. The van der Waals surface area contributed by atoms with E-state index in [1.807, 2.05) is 0 Å². The molecular weight excluding hydrogens is 293 g/mol. The number of nitrogens with two attached hydrogens (primary N) is 1. The van der Waals surface area contributed by atoms with Gasteiger partial charge in [0, 0.05) is 5.39 Å². The van der Waals surface area contributed by atoms with Gasteiger partial charge in [-0.05, 0) is 29.8 Å². The van der Waals surface area contributed by atoms with Gasteiger partial charge in [0.1, 0.15) is 0 Å².